The molecule has 4 nitrogen and oxygen atoms in total. The van der Waals surface area contributed by atoms with Gasteiger partial charge in [0.15, 0.2) is 0 Å². The zero-order valence-corrected chi connectivity index (χ0v) is 12.9. The number of benzene rings is 1. The second-order valence-electron chi connectivity index (χ2n) is 6.26. The minimum atomic E-state index is 0.544. The first-order valence-electron chi connectivity index (χ1n) is 7.93. The van der Waals surface area contributed by atoms with Crippen LogP contribution in [-0.2, 0) is 0 Å². The zero-order chi connectivity index (χ0) is 14.7. The van der Waals surface area contributed by atoms with Crippen LogP contribution in [0.3, 0.4) is 0 Å². The second-order valence-corrected chi connectivity index (χ2v) is 6.26. The topological polar surface area (TPSA) is 41.0 Å². The molecule has 2 aromatic rings. The van der Waals surface area contributed by atoms with Crippen molar-refractivity contribution in [3.8, 4) is 0 Å². The normalized spacial score (nSPS) is 18.8. The lowest BCUT2D eigenvalue weighted by atomic mass is 10.1. The van der Waals surface area contributed by atoms with Gasteiger partial charge in [-0.05, 0) is 37.4 Å². The molecular weight excluding hydrogens is 260 g/mol. The molecule has 0 bridgehead atoms. The molecule has 1 unspecified atom stereocenters. The molecule has 1 aromatic heterocycles. The van der Waals surface area contributed by atoms with Crippen LogP contribution in [0.5, 0.6) is 0 Å². The largest absolute Gasteiger partial charge is 0.352 e. The van der Waals surface area contributed by atoms with Crippen molar-refractivity contribution in [2.24, 2.45) is 5.92 Å². The molecular formula is C17H24N4. The van der Waals surface area contributed by atoms with Crippen molar-refractivity contribution >= 4 is 16.7 Å². The van der Waals surface area contributed by atoms with Gasteiger partial charge in [0.25, 0.3) is 0 Å². The van der Waals surface area contributed by atoms with Crippen molar-refractivity contribution in [2.45, 2.75) is 32.7 Å². The van der Waals surface area contributed by atoms with Crippen LogP contribution in [0.15, 0.2) is 30.6 Å². The van der Waals surface area contributed by atoms with Crippen molar-refractivity contribution in [3.63, 3.8) is 0 Å². The Morgan fingerprint density at radius 2 is 2.14 bits per heavy atom. The van der Waals surface area contributed by atoms with Gasteiger partial charge in [0, 0.05) is 24.5 Å². The summed E-state index contributed by atoms with van der Waals surface area (Å²) in [6, 6.07) is 8.83. The highest BCUT2D eigenvalue weighted by Gasteiger charge is 2.26. The lowest BCUT2D eigenvalue weighted by Crippen LogP contribution is -2.39. The van der Waals surface area contributed by atoms with E-state index in [2.05, 4.69) is 52.2 Å². The predicted octanol–water partition coefficient (Wildman–Crippen LogP) is 2.84. The maximum atomic E-state index is 4.57. The number of nitrogens with one attached hydrogen (secondary N) is 1. The molecule has 1 saturated heterocycles. The van der Waals surface area contributed by atoms with E-state index in [9.17, 15) is 0 Å². The average Bonchev–Trinajstić information content (AvgIpc) is 2.94. The van der Waals surface area contributed by atoms with Crippen molar-refractivity contribution in [1.82, 2.24) is 15.3 Å². The molecule has 1 aliphatic heterocycles. The number of aromatic nitrogens is 2. The summed E-state index contributed by atoms with van der Waals surface area (Å²) in [5.74, 6) is 1.79. The first kappa shape index (κ1) is 14.3. The summed E-state index contributed by atoms with van der Waals surface area (Å²) in [4.78, 5) is 11.4. The number of fused-ring (bicyclic) bond motifs is 1. The summed E-state index contributed by atoms with van der Waals surface area (Å²) in [6.45, 7) is 7.70. The van der Waals surface area contributed by atoms with E-state index in [0.717, 1.165) is 36.4 Å². The van der Waals surface area contributed by atoms with E-state index in [0.29, 0.717) is 12.0 Å². The number of anilines is 1. The molecule has 112 valence electrons. The molecule has 1 atom stereocenters. The quantitative estimate of drug-likeness (QED) is 0.916. The SMILES string of the molecule is CC(C)CNCC1CCCN1c1ncnc2ccccc12. The summed E-state index contributed by atoms with van der Waals surface area (Å²) >= 11 is 0. The van der Waals surface area contributed by atoms with Crippen LogP contribution in [0, 0.1) is 5.92 Å². The van der Waals surface area contributed by atoms with Gasteiger partial charge in [0.2, 0.25) is 0 Å². The van der Waals surface area contributed by atoms with Gasteiger partial charge in [-0.25, -0.2) is 9.97 Å². The van der Waals surface area contributed by atoms with E-state index in [1.807, 2.05) is 6.07 Å². The smallest absolute Gasteiger partial charge is 0.140 e. The Balaban J connectivity index is 1.80. The number of rotatable bonds is 5. The molecule has 0 amide bonds. The Kier molecular flexibility index (Phi) is 4.34. The molecule has 0 aliphatic carbocycles. The van der Waals surface area contributed by atoms with Gasteiger partial charge in [0.05, 0.1) is 5.52 Å². The van der Waals surface area contributed by atoms with Gasteiger partial charge >= 0.3 is 0 Å². The minimum Gasteiger partial charge on any atom is -0.352 e. The predicted molar refractivity (Wildman–Crippen MR) is 87.6 cm³/mol. The fraction of sp³-hybridized carbons (Fsp3) is 0.529. The average molecular weight is 284 g/mol. The van der Waals surface area contributed by atoms with Gasteiger partial charge in [-0.3, -0.25) is 0 Å². The fourth-order valence-corrected chi connectivity index (χ4v) is 3.08. The summed E-state index contributed by atoms with van der Waals surface area (Å²) in [6.07, 6.45) is 4.17. The molecule has 2 heterocycles. The van der Waals surface area contributed by atoms with Crippen LogP contribution < -0.4 is 10.2 Å². The molecule has 1 aromatic carbocycles. The van der Waals surface area contributed by atoms with Gasteiger partial charge in [-0.2, -0.15) is 0 Å². The van der Waals surface area contributed by atoms with Crippen molar-refractivity contribution in [2.75, 3.05) is 24.5 Å². The first-order valence-corrected chi connectivity index (χ1v) is 7.93. The van der Waals surface area contributed by atoms with Gasteiger partial charge in [-0.1, -0.05) is 26.0 Å². The van der Waals surface area contributed by atoms with E-state index in [4.69, 9.17) is 0 Å². The highest BCUT2D eigenvalue weighted by molar-refractivity contribution is 5.89. The summed E-state index contributed by atoms with van der Waals surface area (Å²) in [5.41, 5.74) is 1.03. The second kappa shape index (κ2) is 6.39. The molecule has 0 spiro atoms. The van der Waals surface area contributed by atoms with Crippen LogP contribution in [-0.4, -0.2) is 35.6 Å². The van der Waals surface area contributed by atoms with Crippen LogP contribution in [0.4, 0.5) is 5.82 Å². The molecule has 4 heteroatoms. The molecule has 0 saturated carbocycles. The minimum absolute atomic E-state index is 0.544. The highest BCUT2D eigenvalue weighted by atomic mass is 15.2. The Hall–Kier alpha value is -1.68. The summed E-state index contributed by atoms with van der Waals surface area (Å²) < 4.78 is 0. The van der Waals surface area contributed by atoms with Crippen molar-refractivity contribution < 1.29 is 0 Å². The number of hydrogen-bond donors (Lipinski definition) is 1. The van der Waals surface area contributed by atoms with E-state index < -0.39 is 0 Å². The third kappa shape index (κ3) is 3.16. The zero-order valence-electron chi connectivity index (χ0n) is 12.9. The van der Waals surface area contributed by atoms with Crippen molar-refractivity contribution in [1.29, 1.82) is 0 Å². The Morgan fingerprint density at radius 3 is 3.00 bits per heavy atom. The van der Waals surface area contributed by atoms with Gasteiger partial charge in [0.1, 0.15) is 12.1 Å². The summed E-state index contributed by atoms with van der Waals surface area (Å²) in [7, 11) is 0. The molecule has 1 N–H and O–H groups in total. The van der Waals surface area contributed by atoms with Crippen LogP contribution in [0.2, 0.25) is 0 Å². The number of hydrogen-bond acceptors (Lipinski definition) is 4. The van der Waals surface area contributed by atoms with Gasteiger partial charge < -0.3 is 10.2 Å². The Morgan fingerprint density at radius 1 is 1.29 bits per heavy atom. The molecule has 0 radical (unpaired) electrons. The molecule has 1 aliphatic rings. The van der Waals surface area contributed by atoms with E-state index >= 15 is 0 Å². The number of para-hydroxylation sites is 1. The first-order chi connectivity index (χ1) is 10.3. The van der Waals surface area contributed by atoms with E-state index in [1.54, 1.807) is 6.33 Å². The Bertz CT molecular complexity index is 591. The lowest BCUT2D eigenvalue weighted by molar-refractivity contribution is 0.511. The van der Waals surface area contributed by atoms with Gasteiger partial charge in [-0.15, -0.1) is 0 Å². The molecule has 1 fully saturated rings. The van der Waals surface area contributed by atoms with Crippen LogP contribution >= 0.6 is 0 Å². The molecule has 3 rings (SSSR count). The fourth-order valence-electron chi connectivity index (χ4n) is 3.08. The highest BCUT2D eigenvalue weighted by Crippen LogP contribution is 2.29. The molecule has 21 heavy (non-hydrogen) atoms. The van der Waals surface area contributed by atoms with E-state index in [-0.39, 0.29) is 0 Å². The monoisotopic (exact) mass is 284 g/mol. The third-order valence-electron chi connectivity index (χ3n) is 4.10. The standard InChI is InChI=1S/C17H24N4/c1-13(2)10-18-11-14-6-5-9-21(14)17-15-7-3-4-8-16(15)19-12-20-17/h3-4,7-8,12-14,18H,5-6,9-11H2,1-2H3. The third-order valence-corrected chi connectivity index (χ3v) is 4.10. The summed E-state index contributed by atoms with van der Waals surface area (Å²) in [5, 5.41) is 4.75. The number of nitrogens with zero attached hydrogens (tertiary/aromatic N) is 3. The van der Waals surface area contributed by atoms with Crippen molar-refractivity contribution in [3.05, 3.63) is 30.6 Å². The van der Waals surface area contributed by atoms with Crippen LogP contribution in [0.25, 0.3) is 10.9 Å². The maximum absolute atomic E-state index is 4.57. The Labute approximate surface area is 126 Å². The lowest BCUT2D eigenvalue weighted by Gasteiger charge is -2.27. The van der Waals surface area contributed by atoms with Crippen LogP contribution in [0.1, 0.15) is 26.7 Å². The van der Waals surface area contributed by atoms with E-state index in [1.165, 1.54) is 12.8 Å². The maximum Gasteiger partial charge on any atom is 0.140 e.